The van der Waals surface area contributed by atoms with Gasteiger partial charge in [0.2, 0.25) is 0 Å². The van der Waals surface area contributed by atoms with Gasteiger partial charge in [-0.05, 0) is 37.7 Å². The lowest BCUT2D eigenvalue weighted by molar-refractivity contribution is -0.682. The van der Waals surface area contributed by atoms with Gasteiger partial charge in [0.1, 0.15) is 17.1 Å². The molecule has 1 heterocycles. The lowest BCUT2D eigenvalue weighted by atomic mass is 9.89. The van der Waals surface area contributed by atoms with E-state index in [9.17, 15) is 10.1 Å². The Bertz CT molecular complexity index is 791. The van der Waals surface area contributed by atoms with E-state index in [0.717, 1.165) is 29.8 Å². The molecule has 25 heavy (non-hydrogen) atoms. The van der Waals surface area contributed by atoms with Crippen LogP contribution in [0.5, 0.6) is 0 Å². The number of rotatable bonds is 5. The number of anilines is 1. The van der Waals surface area contributed by atoms with Gasteiger partial charge in [0, 0.05) is 10.4 Å². The number of carbonyl (C=O) groups excluding carboxylic acids is 1. The van der Waals surface area contributed by atoms with E-state index in [-0.39, 0.29) is 11.9 Å². The van der Waals surface area contributed by atoms with Crippen LogP contribution >= 0.6 is 11.3 Å². The van der Waals surface area contributed by atoms with E-state index in [4.69, 9.17) is 0 Å². The highest BCUT2D eigenvalue weighted by Gasteiger charge is 2.25. The molecular weight excluding hydrogens is 330 g/mol. The second-order valence-corrected chi connectivity index (χ2v) is 7.96. The number of nitrogens with two attached hydrogens (primary N) is 1. The van der Waals surface area contributed by atoms with E-state index < -0.39 is 0 Å². The van der Waals surface area contributed by atoms with Gasteiger partial charge in [0.15, 0.2) is 6.54 Å². The van der Waals surface area contributed by atoms with Crippen LogP contribution in [0.15, 0.2) is 30.3 Å². The quantitative estimate of drug-likeness (QED) is 0.866. The van der Waals surface area contributed by atoms with Crippen molar-refractivity contribution in [2.24, 2.45) is 5.92 Å². The average Bonchev–Trinajstić information content (AvgIpc) is 2.96. The third-order valence-corrected chi connectivity index (χ3v) is 6.03. The number of nitrogens with one attached hydrogen (secondary N) is 1. The summed E-state index contributed by atoms with van der Waals surface area (Å²) in [7, 11) is 0. The first-order valence-corrected chi connectivity index (χ1v) is 9.63. The first kappa shape index (κ1) is 17.7. The van der Waals surface area contributed by atoms with Crippen LogP contribution in [0.25, 0.3) is 0 Å². The molecule has 0 aliphatic heterocycles. The number of quaternary nitrogens is 1. The van der Waals surface area contributed by atoms with E-state index in [1.54, 1.807) is 11.3 Å². The second-order valence-electron chi connectivity index (χ2n) is 6.86. The fourth-order valence-electron chi connectivity index (χ4n) is 3.31. The maximum Gasteiger partial charge on any atom is 0.280 e. The Labute approximate surface area is 152 Å². The average molecular weight is 354 g/mol. The summed E-state index contributed by atoms with van der Waals surface area (Å²) >= 11 is 1.58. The molecule has 3 N–H and O–H groups in total. The van der Waals surface area contributed by atoms with Crippen molar-refractivity contribution in [1.29, 1.82) is 5.26 Å². The molecule has 1 aromatic carbocycles. The Balaban J connectivity index is 1.63. The fourth-order valence-corrected chi connectivity index (χ4v) is 4.69. The van der Waals surface area contributed by atoms with Gasteiger partial charge < -0.3 is 10.6 Å². The van der Waals surface area contributed by atoms with E-state index in [2.05, 4.69) is 37.4 Å². The minimum absolute atomic E-state index is 0.0501. The first-order chi connectivity index (χ1) is 12.1. The highest BCUT2D eigenvalue weighted by molar-refractivity contribution is 7.16. The Morgan fingerprint density at radius 1 is 1.44 bits per heavy atom. The Kier molecular flexibility index (Phi) is 5.52. The largest absolute Gasteiger partial charge is 0.333 e. The van der Waals surface area contributed by atoms with Crippen LogP contribution in [0.2, 0.25) is 0 Å². The molecule has 130 valence electrons. The lowest BCUT2D eigenvalue weighted by Crippen LogP contribution is -2.86. The van der Waals surface area contributed by atoms with Gasteiger partial charge in [-0.2, -0.15) is 5.26 Å². The molecule has 0 bridgehead atoms. The van der Waals surface area contributed by atoms with Gasteiger partial charge in [-0.3, -0.25) is 4.79 Å². The molecule has 1 amide bonds. The number of fused-ring (bicyclic) bond motifs is 1. The molecule has 0 unspecified atom stereocenters. The van der Waals surface area contributed by atoms with Crippen molar-refractivity contribution < 1.29 is 10.1 Å². The maximum atomic E-state index is 12.3. The van der Waals surface area contributed by atoms with Crippen LogP contribution in [0, 0.1) is 17.2 Å². The smallest absolute Gasteiger partial charge is 0.280 e. The number of hydrogen-bond donors (Lipinski definition) is 2. The Hall–Kier alpha value is -2.16. The van der Waals surface area contributed by atoms with E-state index in [1.165, 1.54) is 10.4 Å². The zero-order chi connectivity index (χ0) is 17.8. The van der Waals surface area contributed by atoms with Crippen molar-refractivity contribution in [3.05, 3.63) is 51.9 Å². The molecular formula is C20H24N3OS+. The van der Waals surface area contributed by atoms with Crippen LogP contribution in [-0.2, 0) is 17.6 Å². The summed E-state index contributed by atoms with van der Waals surface area (Å²) in [6.45, 7) is 4.68. The molecule has 1 aliphatic carbocycles. The Morgan fingerprint density at radius 2 is 2.20 bits per heavy atom. The SMILES string of the molecule is C[C@@H]1CCc2c(sc(NC(=O)C[NH2+][C@H](C)c3ccccc3)c2C#N)C1. The number of nitrogens with zero attached hydrogens (tertiary/aromatic N) is 1. The van der Waals surface area contributed by atoms with Crippen molar-refractivity contribution in [3.8, 4) is 6.07 Å². The third-order valence-electron chi connectivity index (χ3n) is 4.86. The van der Waals surface area contributed by atoms with Crippen molar-refractivity contribution in [1.82, 2.24) is 0 Å². The maximum absolute atomic E-state index is 12.3. The van der Waals surface area contributed by atoms with E-state index >= 15 is 0 Å². The van der Waals surface area contributed by atoms with Crippen LogP contribution in [0.1, 0.15) is 47.9 Å². The molecule has 4 nitrogen and oxygen atoms in total. The molecule has 2 atom stereocenters. The standard InChI is InChI=1S/C20H23N3OS/c1-13-8-9-16-17(11-21)20(25-18(16)10-13)23-19(24)12-22-14(2)15-6-4-3-5-7-15/h3-7,13-14,22H,8-10,12H2,1-2H3,(H,23,24)/p+1/t13-,14-/m1/s1. The summed E-state index contributed by atoms with van der Waals surface area (Å²) in [5.74, 6) is 0.604. The molecule has 3 rings (SSSR count). The number of hydrogen-bond acceptors (Lipinski definition) is 3. The summed E-state index contributed by atoms with van der Waals surface area (Å²) in [5.41, 5.74) is 3.03. The molecule has 0 saturated carbocycles. The number of nitriles is 1. The number of benzene rings is 1. The molecule has 2 aromatic rings. The van der Waals surface area contributed by atoms with Crippen LogP contribution in [0.3, 0.4) is 0 Å². The monoisotopic (exact) mass is 354 g/mol. The van der Waals surface area contributed by atoms with Crippen molar-refractivity contribution in [2.45, 2.75) is 39.2 Å². The van der Waals surface area contributed by atoms with Crippen molar-refractivity contribution in [2.75, 3.05) is 11.9 Å². The number of thiophene rings is 1. The summed E-state index contributed by atoms with van der Waals surface area (Å²) in [6.07, 6.45) is 3.08. The zero-order valence-corrected chi connectivity index (χ0v) is 15.5. The number of amides is 1. The second kappa shape index (κ2) is 7.81. The van der Waals surface area contributed by atoms with Gasteiger partial charge in [-0.1, -0.05) is 37.3 Å². The predicted octanol–water partition coefficient (Wildman–Crippen LogP) is 3.01. The lowest BCUT2D eigenvalue weighted by Gasteiger charge is -2.17. The molecule has 5 heteroatoms. The zero-order valence-electron chi connectivity index (χ0n) is 14.7. The van der Waals surface area contributed by atoms with Gasteiger partial charge in [0.25, 0.3) is 5.91 Å². The number of carbonyl (C=O) groups is 1. The van der Waals surface area contributed by atoms with E-state index in [1.807, 2.05) is 23.5 Å². The Morgan fingerprint density at radius 3 is 2.92 bits per heavy atom. The summed E-state index contributed by atoms with van der Waals surface area (Å²) in [6, 6.07) is 12.7. The van der Waals surface area contributed by atoms with Crippen molar-refractivity contribution in [3.63, 3.8) is 0 Å². The van der Waals surface area contributed by atoms with Gasteiger partial charge in [0.05, 0.1) is 5.56 Å². The van der Waals surface area contributed by atoms with E-state index in [0.29, 0.717) is 18.0 Å². The topological polar surface area (TPSA) is 69.5 Å². The van der Waals surface area contributed by atoms with Crippen molar-refractivity contribution >= 4 is 22.2 Å². The van der Waals surface area contributed by atoms with Gasteiger partial charge >= 0.3 is 0 Å². The van der Waals surface area contributed by atoms with Crippen LogP contribution < -0.4 is 10.6 Å². The normalized spacial score (nSPS) is 17.4. The minimum atomic E-state index is -0.0501. The molecule has 0 fully saturated rings. The van der Waals surface area contributed by atoms with Gasteiger partial charge in [-0.25, -0.2) is 0 Å². The molecule has 1 aliphatic rings. The molecule has 1 aromatic heterocycles. The highest BCUT2D eigenvalue weighted by Crippen LogP contribution is 2.39. The fraction of sp³-hybridized carbons (Fsp3) is 0.400. The first-order valence-electron chi connectivity index (χ1n) is 8.81. The molecule has 0 saturated heterocycles. The predicted molar refractivity (Wildman–Crippen MR) is 101 cm³/mol. The molecule has 0 radical (unpaired) electrons. The van der Waals surface area contributed by atoms with Gasteiger partial charge in [-0.15, -0.1) is 11.3 Å². The summed E-state index contributed by atoms with van der Waals surface area (Å²) in [5, 5.41) is 15.2. The summed E-state index contributed by atoms with van der Waals surface area (Å²) in [4.78, 5) is 13.6. The van der Waals surface area contributed by atoms with Crippen LogP contribution in [-0.4, -0.2) is 12.5 Å². The minimum Gasteiger partial charge on any atom is -0.333 e. The molecule has 0 spiro atoms. The summed E-state index contributed by atoms with van der Waals surface area (Å²) < 4.78 is 0. The highest BCUT2D eigenvalue weighted by atomic mass is 32.1. The van der Waals surface area contributed by atoms with Crippen LogP contribution in [0.4, 0.5) is 5.00 Å². The third kappa shape index (κ3) is 4.09.